The van der Waals surface area contributed by atoms with Crippen molar-refractivity contribution < 1.29 is 33.3 Å². The van der Waals surface area contributed by atoms with Crippen LogP contribution in [0.4, 0.5) is 14.5 Å². The van der Waals surface area contributed by atoms with E-state index >= 15 is 0 Å². The zero-order chi connectivity index (χ0) is 27.1. The summed E-state index contributed by atoms with van der Waals surface area (Å²) in [7, 11) is 0. The Morgan fingerprint density at radius 1 is 0.895 bits per heavy atom. The summed E-state index contributed by atoms with van der Waals surface area (Å²) in [5.41, 5.74) is 0.192. The summed E-state index contributed by atoms with van der Waals surface area (Å²) >= 11 is 0. The van der Waals surface area contributed by atoms with Crippen molar-refractivity contribution in [3.63, 3.8) is 0 Å². The molecule has 200 valence electrons. The normalized spacial score (nSPS) is 14.7. The molecule has 1 aliphatic heterocycles. The van der Waals surface area contributed by atoms with Crippen molar-refractivity contribution in [3.05, 3.63) is 95.6 Å². The van der Waals surface area contributed by atoms with Crippen molar-refractivity contribution in [1.82, 2.24) is 4.90 Å². The molecule has 3 aromatic rings. The van der Waals surface area contributed by atoms with E-state index in [4.69, 9.17) is 9.84 Å². The maximum absolute atomic E-state index is 13.6. The van der Waals surface area contributed by atoms with Gasteiger partial charge in [0.25, 0.3) is 0 Å². The largest absolute Gasteiger partial charge is 0.494 e. The van der Waals surface area contributed by atoms with E-state index in [0.29, 0.717) is 29.2 Å². The second-order valence-corrected chi connectivity index (χ2v) is 9.38. The summed E-state index contributed by atoms with van der Waals surface area (Å²) in [4.78, 5) is 24.1. The van der Waals surface area contributed by atoms with E-state index in [1.165, 1.54) is 24.3 Å². The van der Waals surface area contributed by atoms with Gasteiger partial charge in [0.05, 0.1) is 6.61 Å². The van der Waals surface area contributed by atoms with Crippen LogP contribution in [0.1, 0.15) is 30.4 Å². The predicted molar refractivity (Wildman–Crippen MR) is 138 cm³/mol. The van der Waals surface area contributed by atoms with Crippen LogP contribution in [0.5, 0.6) is 5.75 Å². The van der Waals surface area contributed by atoms with Crippen molar-refractivity contribution in [2.45, 2.75) is 24.9 Å². The molecule has 0 saturated carbocycles. The van der Waals surface area contributed by atoms with Crippen LogP contribution in [-0.2, 0) is 15.2 Å². The van der Waals surface area contributed by atoms with E-state index in [2.05, 4.69) is 10.2 Å². The maximum atomic E-state index is 13.6. The molecule has 1 amide bonds. The minimum absolute atomic E-state index is 0.119. The molecular formula is C29H30F2N2O5. The summed E-state index contributed by atoms with van der Waals surface area (Å²) in [6, 6.07) is 18.2. The Balaban J connectivity index is 1.29. The number of carbonyl (C=O) groups excluding carboxylic acids is 1. The minimum atomic E-state index is -1.55. The van der Waals surface area contributed by atoms with E-state index in [1.54, 1.807) is 48.5 Å². The Morgan fingerprint density at radius 3 is 1.92 bits per heavy atom. The Kier molecular flexibility index (Phi) is 8.70. The molecule has 3 N–H and O–H groups in total. The minimum Gasteiger partial charge on any atom is -0.494 e. The first-order valence-corrected chi connectivity index (χ1v) is 12.5. The number of aliphatic hydroxyl groups is 1. The Bertz CT molecular complexity index is 1180. The molecule has 4 rings (SSSR count). The van der Waals surface area contributed by atoms with Gasteiger partial charge >= 0.3 is 11.9 Å². The molecule has 0 aliphatic carbocycles. The molecule has 1 aliphatic rings. The molecule has 3 aromatic carbocycles. The average molecular weight is 525 g/mol. The van der Waals surface area contributed by atoms with Crippen LogP contribution in [0, 0.1) is 17.6 Å². The molecule has 7 nitrogen and oxygen atoms in total. The smallest absolute Gasteiger partial charge is 0.394 e. The molecule has 1 saturated heterocycles. The van der Waals surface area contributed by atoms with Gasteiger partial charge in [0.15, 0.2) is 0 Å². The molecule has 38 heavy (non-hydrogen) atoms. The highest BCUT2D eigenvalue weighted by Crippen LogP contribution is 2.42. The number of hydrogen-bond donors (Lipinski definition) is 3. The summed E-state index contributed by atoms with van der Waals surface area (Å²) < 4.78 is 32.9. The number of carbonyl (C=O) groups is 2. The quantitative estimate of drug-likeness (QED) is 0.284. The number of halogens is 2. The monoisotopic (exact) mass is 524 g/mol. The van der Waals surface area contributed by atoms with Gasteiger partial charge < -0.3 is 25.2 Å². The topological polar surface area (TPSA) is 99.1 Å². The van der Waals surface area contributed by atoms with Crippen LogP contribution >= 0.6 is 0 Å². The first kappa shape index (κ1) is 27.2. The number of hydrogen-bond acceptors (Lipinski definition) is 5. The second kappa shape index (κ2) is 12.1. The summed E-state index contributed by atoms with van der Waals surface area (Å²) in [6.07, 6.45) is 2.22. The van der Waals surface area contributed by atoms with Gasteiger partial charge in [-0.05, 0) is 97.9 Å². The number of piperidine rings is 1. The van der Waals surface area contributed by atoms with Crippen LogP contribution in [-0.4, -0.2) is 53.2 Å². The van der Waals surface area contributed by atoms with Gasteiger partial charge in [0.2, 0.25) is 0 Å². The second-order valence-electron chi connectivity index (χ2n) is 9.38. The van der Waals surface area contributed by atoms with Crippen molar-refractivity contribution in [2.75, 3.05) is 31.6 Å². The lowest BCUT2D eigenvalue weighted by Crippen LogP contribution is -2.44. The third-order valence-corrected chi connectivity index (χ3v) is 6.94. The summed E-state index contributed by atoms with van der Waals surface area (Å²) in [6.45, 7) is 2.83. The van der Waals surface area contributed by atoms with Crippen molar-refractivity contribution in [1.29, 1.82) is 0 Å². The third kappa shape index (κ3) is 6.54. The number of likely N-dealkylation sites (tertiary alicyclic amines) is 1. The number of carboxylic acids is 1. The number of aliphatic carboxylic acids is 1. The van der Waals surface area contributed by atoms with E-state index in [0.717, 1.165) is 38.9 Å². The molecular weight excluding hydrogens is 494 g/mol. The van der Waals surface area contributed by atoms with Crippen molar-refractivity contribution >= 4 is 17.6 Å². The Morgan fingerprint density at radius 2 is 1.42 bits per heavy atom. The SMILES string of the molecule is O=C(O)C(=O)Nc1ccc(OCCCN2CCC(C(O)(c3ccc(F)cc3)c3ccc(F)cc3)CC2)cc1. The fourth-order valence-electron chi connectivity index (χ4n) is 4.92. The number of benzene rings is 3. The van der Waals surface area contributed by atoms with Gasteiger partial charge in [-0.25, -0.2) is 13.6 Å². The zero-order valence-electron chi connectivity index (χ0n) is 20.8. The van der Waals surface area contributed by atoms with Gasteiger partial charge in [-0.1, -0.05) is 24.3 Å². The van der Waals surface area contributed by atoms with E-state index < -0.39 is 17.5 Å². The van der Waals surface area contributed by atoms with E-state index in [9.17, 15) is 23.5 Å². The molecule has 0 atom stereocenters. The number of anilines is 1. The van der Waals surface area contributed by atoms with Crippen LogP contribution in [0.25, 0.3) is 0 Å². The zero-order valence-corrected chi connectivity index (χ0v) is 20.8. The van der Waals surface area contributed by atoms with Crippen LogP contribution in [0.15, 0.2) is 72.8 Å². The molecule has 1 fully saturated rings. The van der Waals surface area contributed by atoms with Crippen LogP contribution in [0.3, 0.4) is 0 Å². The maximum Gasteiger partial charge on any atom is 0.394 e. The number of nitrogens with zero attached hydrogens (tertiary/aromatic N) is 1. The lowest BCUT2D eigenvalue weighted by molar-refractivity contribution is -0.147. The Hall–Kier alpha value is -3.82. The van der Waals surface area contributed by atoms with Crippen molar-refractivity contribution in [3.8, 4) is 5.75 Å². The first-order chi connectivity index (χ1) is 18.3. The fraction of sp³-hybridized carbons (Fsp3) is 0.310. The summed E-state index contributed by atoms with van der Waals surface area (Å²) in [5, 5.41) is 22.9. The van der Waals surface area contributed by atoms with Crippen molar-refractivity contribution in [2.24, 2.45) is 5.92 Å². The molecule has 0 bridgehead atoms. The molecule has 0 unspecified atom stereocenters. The Labute approximate surface area is 219 Å². The third-order valence-electron chi connectivity index (χ3n) is 6.94. The van der Waals surface area contributed by atoms with E-state index in [1.807, 2.05) is 0 Å². The molecule has 0 radical (unpaired) electrons. The van der Waals surface area contributed by atoms with Gasteiger partial charge in [-0.3, -0.25) is 4.79 Å². The lowest BCUT2D eigenvalue weighted by Gasteiger charge is -2.42. The standard InChI is InChI=1S/C29H30F2N2O5/c30-23-6-2-20(3-7-23)29(37,21-4-8-24(31)9-5-21)22-14-17-33(18-15-22)16-1-19-38-26-12-10-25(11-13-26)32-27(34)28(35)36/h2-13,22,37H,1,14-19H2,(H,32,34)(H,35,36). The highest BCUT2D eigenvalue weighted by atomic mass is 19.1. The van der Waals surface area contributed by atoms with E-state index in [-0.39, 0.29) is 17.6 Å². The molecule has 1 heterocycles. The van der Waals surface area contributed by atoms with Crippen LogP contribution in [0.2, 0.25) is 0 Å². The van der Waals surface area contributed by atoms with Gasteiger partial charge in [0, 0.05) is 12.2 Å². The number of carboxylic acid groups (broad SMARTS) is 1. The summed E-state index contributed by atoms with van der Waals surface area (Å²) in [5.74, 6) is -2.92. The number of rotatable bonds is 9. The van der Waals surface area contributed by atoms with Crippen LogP contribution < -0.4 is 10.1 Å². The highest BCUT2D eigenvalue weighted by Gasteiger charge is 2.41. The van der Waals surface area contributed by atoms with Gasteiger partial charge in [-0.15, -0.1) is 0 Å². The molecule has 0 aromatic heterocycles. The predicted octanol–water partition coefficient (Wildman–Crippen LogP) is 4.40. The number of amides is 1. The molecule has 9 heteroatoms. The van der Waals surface area contributed by atoms with Gasteiger partial charge in [-0.2, -0.15) is 0 Å². The fourth-order valence-corrected chi connectivity index (χ4v) is 4.92. The highest BCUT2D eigenvalue weighted by molar-refractivity contribution is 6.36. The van der Waals surface area contributed by atoms with Gasteiger partial charge in [0.1, 0.15) is 23.0 Å². The number of nitrogens with one attached hydrogen (secondary N) is 1. The first-order valence-electron chi connectivity index (χ1n) is 12.5. The number of ether oxygens (including phenoxy) is 1. The molecule has 0 spiro atoms. The average Bonchev–Trinajstić information content (AvgIpc) is 2.92. The lowest BCUT2D eigenvalue weighted by atomic mass is 9.72.